The Morgan fingerprint density at radius 1 is 1.05 bits per heavy atom. The molecule has 0 saturated heterocycles. The van der Waals surface area contributed by atoms with Crippen LogP contribution in [0.5, 0.6) is 0 Å². The van der Waals surface area contributed by atoms with E-state index < -0.39 is 0 Å². The summed E-state index contributed by atoms with van der Waals surface area (Å²) in [7, 11) is 0. The van der Waals surface area contributed by atoms with Gasteiger partial charge in [-0.05, 0) is 51.4 Å². The molecule has 3 rings (SSSR count). The van der Waals surface area contributed by atoms with Crippen molar-refractivity contribution >= 4 is 16.3 Å². The summed E-state index contributed by atoms with van der Waals surface area (Å²) in [5.74, 6) is 0. The van der Waals surface area contributed by atoms with Crippen LogP contribution in [0.2, 0.25) is 0 Å². The molecule has 2 aromatic rings. The lowest BCUT2D eigenvalue weighted by Gasteiger charge is -2.30. The maximum absolute atomic E-state index is 6.58. The van der Waals surface area contributed by atoms with Crippen LogP contribution in [-0.4, -0.2) is 0 Å². The molecule has 0 spiro atoms. The predicted octanol–water partition coefficient (Wildman–Crippen LogP) is 5.23. The van der Waals surface area contributed by atoms with Gasteiger partial charge in [0.15, 0.2) is 0 Å². The van der Waals surface area contributed by atoms with E-state index in [1.54, 1.807) is 0 Å². The van der Waals surface area contributed by atoms with Crippen molar-refractivity contribution in [3.63, 3.8) is 0 Å². The largest absolute Gasteiger partial charge is 0.323 e. The lowest BCUT2D eigenvalue weighted by molar-refractivity contribution is 0.327. The molecule has 1 unspecified atom stereocenters. The standard InChI is InChI=1S/C20H23N/c1-20(2,3)19(21)18-13-16-11-7-6-10-15(16)12-17(18)14-8-4-5-9-14/h4-8,10-13,19H,9,21H2,1-3H3. The zero-order valence-electron chi connectivity index (χ0n) is 13.1. The summed E-state index contributed by atoms with van der Waals surface area (Å²) in [6.07, 6.45) is 7.55. The second-order valence-corrected chi connectivity index (χ2v) is 6.95. The topological polar surface area (TPSA) is 26.0 Å². The smallest absolute Gasteiger partial charge is 0.0350 e. The third kappa shape index (κ3) is 2.66. The van der Waals surface area contributed by atoms with Gasteiger partial charge in [0.1, 0.15) is 0 Å². The first kappa shape index (κ1) is 14.1. The van der Waals surface area contributed by atoms with Crippen LogP contribution >= 0.6 is 0 Å². The van der Waals surface area contributed by atoms with Crippen LogP contribution in [0.1, 0.15) is 44.4 Å². The highest BCUT2D eigenvalue weighted by Gasteiger charge is 2.25. The Kier molecular flexibility index (Phi) is 3.46. The van der Waals surface area contributed by atoms with Crippen molar-refractivity contribution in [2.45, 2.75) is 33.2 Å². The van der Waals surface area contributed by atoms with Crippen molar-refractivity contribution in [3.05, 3.63) is 65.8 Å². The number of hydrogen-bond acceptors (Lipinski definition) is 1. The van der Waals surface area contributed by atoms with Crippen LogP contribution in [0, 0.1) is 5.41 Å². The molecule has 2 aromatic carbocycles. The lowest BCUT2D eigenvalue weighted by Crippen LogP contribution is -2.27. The van der Waals surface area contributed by atoms with E-state index in [4.69, 9.17) is 5.73 Å². The lowest BCUT2D eigenvalue weighted by atomic mass is 9.79. The molecule has 1 atom stereocenters. The number of allylic oxidation sites excluding steroid dienone is 4. The minimum absolute atomic E-state index is 0.0265. The summed E-state index contributed by atoms with van der Waals surface area (Å²) >= 11 is 0. The number of nitrogens with two attached hydrogens (primary N) is 1. The maximum atomic E-state index is 6.58. The number of benzene rings is 2. The van der Waals surface area contributed by atoms with Gasteiger partial charge in [0.2, 0.25) is 0 Å². The van der Waals surface area contributed by atoms with E-state index >= 15 is 0 Å². The van der Waals surface area contributed by atoms with Crippen molar-refractivity contribution in [1.29, 1.82) is 0 Å². The fourth-order valence-corrected chi connectivity index (χ4v) is 2.91. The van der Waals surface area contributed by atoms with Gasteiger partial charge in [0.25, 0.3) is 0 Å². The average molecular weight is 277 g/mol. The first-order valence-corrected chi connectivity index (χ1v) is 7.61. The molecule has 0 bridgehead atoms. The Hall–Kier alpha value is -1.86. The van der Waals surface area contributed by atoms with Crippen molar-refractivity contribution in [2.75, 3.05) is 0 Å². The fourth-order valence-electron chi connectivity index (χ4n) is 2.91. The van der Waals surface area contributed by atoms with Gasteiger partial charge < -0.3 is 5.73 Å². The van der Waals surface area contributed by atoms with Crippen LogP contribution in [0.15, 0.2) is 54.6 Å². The van der Waals surface area contributed by atoms with Crippen LogP contribution in [0.25, 0.3) is 16.3 Å². The summed E-state index contributed by atoms with van der Waals surface area (Å²) < 4.78 is 0. The molecular formula is C20H23N. The van der Waals surface area contributed by atoms with E-state index in [1.807, 2.05) is 0 Å². The van der Waals surface area contributed by atoms with Crippen molar-refractivity contribution in [2.24, 2.45) is 11.1 Å². The van der Waals surface area contributed by atoms with Gasteiger partial charge in [-0.15, -0.1) is 0 Å². The number of fused-ring (bicyclic) bond motifs is 1. The minimum Gasteiger partial charge on any atom is -0.323 e. The highest BCUT2D eigenvalue weighted by molar-refractivity contribution is 5.89. The van der Waals surface area contributed by atoms with Crippen molar-refractivity contribution in [1.82, 2.24) is 0 Å². The maximum Gasteiger partial charge on any atom is 0.0350 e. The van der Waals surface area contributed by atoms with Gasteiger partial charge >= 0.3 is 0 Å². The Morgan fingerprint density at radius 2 is 1.71 bits per heavy atom. The first-order valence-electron chi connectivity index (χ1n) is 7.61. The molecule has 1 aliphatic rings. The third-order valence-corrected chi connectivity index (χ3v) is 4.30. The van der Waals surface area contributed by atoms with Crippen molar-refractivity contribution in [3.8, 4) is 0 Å². The molecule has 0 saturated carbocycles. The second kappa shape index (κ2) is 5.16. The Labute approximate surface area is 127 Å². The molecule has 0 aromatic heterocycles. The van der Waals surface area contributed by atoms with E-state index in [0.29, 0.717) is 0 Å². The van der Waals surface area contributed by atoms with Crippen molar-refractivity contribution < 1.29 is 0 Å². The van der Waals surface area contributed by atoms with Gasteiger partial charge in [-0.2, -0.15) is 0 Å². The fraction of sp³-hybridized carbons (Fsp3) is 0.300. The molecule has 1 heteroatoms. The molecule has 108 valence electrons. The SMILES string of the molecule is CC(C)(C)C(N)c1cc2ccccc2cc1C1=CC=CC1. The Bertz CT molecular complexity index is 729. The van der Waals surface area contributed by atoms with Crippen LogP contribution in [0.4, 0.5) is 0 Å². The van der Waals surface area contributed by atoms with E-state index in [1.165, 1.54) is 27.5 Å². The van der Waals surface area contributed by atoms with Gasteiger partial charge in [-0.1, -0.05) is 63.3 Å². The third-order valence-electron chi connectivity index (χ3n) is 4.30. The average Bonchev–Trinajstić information content (AvgIpc) is 2.98. The Morgan fingerprint density at radius 3 is 2.29 bits per heavy atom. The highest BCUT2D eigenvalue weighted by Crippen LogP contribution is 2.38. The molecule has 0 heterocycles. The predicted molar refractivity (Wildman–Crippen MR) is 92.1 cm³/mol. The minimum atomic E-state index is 0.0265. The van der Waals surface area contributed by atoms with E-state index in [9.17, 15) is 0 Å². The number of hydrogen-bond donors (Lipinski definition) is 1. The monoisotopic (exact) mass is 277 g/mol. The molecular weight excluding hydrogens is 254 g/mol. The summed E-state index contributed by atoms with van der Waals surface area (Å²) in [4.78, 5) is 0. The van der Waals surface area contributed by atoms with E-state index in [-0.39, 0.29) is 11.5 Å². The van der Waals surface area contributed by atoms with Gasteiger partial charge in [-0.3, -0.25) is 0 Å². The van der Waals surface area contributed by atoms with E-state index in [2.05, 4.69) is 75.4 Å². The summed E-state index contributed by atoms with van der Waals surface area (Å²) in [5, 5.41) is 2.55. The molecule has 0 aliphatic heterocycles. The zero-order valence-corrected chi connectivity index (χ0v) is 13.1. The van der Waals surface area contributed by atoms with Gasteiger partial charge in [0, 0.05) is 6.04 Å². The molecule has 0 radical (unpaired) electrons. The van der Waals surface area contributed by atoms with Crippen LogP contribution in [-0.2, 0) is 0 Å². The van der Waals surface area contributed by atoms with Gasteiger partial charge in [0.05, 0.1) is 0 Å². The molecule has 1 nitrogen and oxygen atoms in total. The first-order chi connectivity index (χ1) is 9.97. The molecule has 0 amide bonds. The van der Waals surface area contributed by atoms with E-state index in [0.717, 1.165) is 6.42 Å². The van der Waals surface area contributed by atoms with Crippen LogP contribution < -0.4 is 5.73 Å². The molecule has 1 aliphatic carbocycles. The van der Waals surface area contributed by atoms with Crippen LogP contribution in [0.3, 0.4) is 0 Å². The number of rotatable bonds is 2. The summed E-state index contributed by atoms with van der Waals surface area (Å²) in [6, 6.07) is 13.1. The highest BCUT2D eigenvalue weighted by atomic mass is 14.7. The second-order valence-electron chi connectivity index (χ2n) is 6.95. The van der Waals surface area contributed by atoms with Gasteiger partial charge in [-0.25, -0.2) is 0 Å². The Balaban J connectivity index is 2.22. The summed E-state index contributed by atoms with van der Waals surface area (Å²) in [6.45, 7) is 6.62. The molecule has 2 N–H and O–H groups in total. The normalized spacial score (nSPS) is 16.3. The summed E-state index contributed by atoms with van der Waals surface area (Å²) in [5.41, 5.74) is 10.6. The molecule has 0 fully saturated rings. The quantitative estimate of drug-likeness (QED) is 0.799. The zero-order chi connectivity index (χ0) is 15.0. The molecule has 21 heavy (non-hydrogen) atoms.